The van der Waals surface area contributed by atoms with E-state index in [-0.39, 0.29) is 12.5 Å². The first-order chi connectivity index (χ1) is 6.99. The lowest BCUT2D eigenvalue weighted by molar-refractivity contribution is -0.142. The molecule has 0 saturated carbocycles. The third kappa shape index (κ3) is 6.38. The Kier molecular flexibility index (Phi) is 7.21. The fourth-order valence-electron chi connectivity index (χ4n) is 1.09. The monoisotopic (exact) mass is 233 g/mol. The molecule has 0 aromatic rings. The van der Waals surface area contributed by atoms with Gasteiger partial charge in [0.05, 0.1) is 5.92 Å². The summed E-state index contributed by atoms with van der Waals surface area (Å²) in [5.41, 5.74) is 0. The molecule has 1 N–H and O–H groups in total. The molecule has 1 unspecified atom stereocenters. The molecule has 0 aliphatic heterocycles. The van der Waals surface area contributed by atoms with Gasteiger partial charge in [0.2, 0.25) is 5.91 Å². The summed E-state index contributed by atoms with van der Waals surface area (Å²) < 4.78 is 0. The minimum atomic E-state index is -0.863. The molecule has 0 aromatic carbocycles. The average Bonchev–Trinajstić information content (AvgIpc) is 2.17. The van der Waals surface area contributed by atoms with Crippen LogP contribution in [0.25, 0.3) is 0 Å². The van der Waals surface area contributed by atoms with E-state index in [9.17, 15) is 9.59 Å². The van der Waals surface area contributed by atoms with Gasteiger partial charge in [-0.1, -0.05) is 13.8 Å². The van der Waals surface area contributed by atoms with Crippen LogP contribution in [0.1, 0.15) is 20.3 Å². The van der Waals surface area contributed by atoms with E-state index in [0.29, 0.717) is 6.42 Å². The number of thioether (sulfide) groups is 1. The second-order valence-electron chi connectivity index (χ2n) is 3.46. The maximum atomic E-state index is 11.5. The maximum absolute atomic E-state index is 11.5. The first-order valence-corrected chi connectivity index (χ1v) is 6.19. The van der Waals surface area contributed by atoms with Crippen LogP contribution in [0.5, 0.6) is 0 Å². The Bertz CT molecular complexity index is 221. The molecule has 0 heterocycles. The highest BCUT2D eigenvalue weighted by Gasteiger charge is 2.16. The van der Waals surface area contributed by atoms with E-state index >= 15 is 0 Å². The Morgan fingerprint density at radius 1 is 1.47 bits per heavy atom. The van der Waals surface area contributed by atoms with E-state index in [1.165, 1.54) is 4.90 Å². The highest BCUT2D eigenvalue weighted by Crippen LogP contribution is 2.05. The summed E-state index contributed by atoms with van der Waals surface area (Å²) in [6, 6.07) is 0. The summed E-state index contributed by atoms with van der Waals surface area (Å²) in [4.78, 5) is 23.6. The number of nitrogens with zero attached hydrogens (tertiary/aromatic N) is 1. The average molecular weight is 233 g/mol. The Morgan fingerprint density at radius 3 is 2.53 bits per heavy atom. The fourth-order valence-corrected chi connectivity index (χ4v) is 1.69. The SMILES string of the molecule is CCSCCC(=O)N(C)CC(C)C(=O)O. The lowest BCUT2D eigenvalue weighted by Gasteiger charge is -2.19. The van der Waals surface area contributed by atoms with Gasteiger partial charge in [-0.15, -0.1) is 0 Å². The van der Waals surface area contributed by atoms with E-state index in [1.807, 2.05) is 6.92 Å². The summed E-state index contributed by atoms with van der Waals surface area (Å²) in [5, 5.41) is 8.68. The number of aliphatic carboxylic acids is 1. The van der Waals surface area contributed by atoms with E-state index in [2.05, 4.69) is 0 Å². The van der Waals surface area contributed by atoms with Crippen molar-refractivity contribution in [2.75, 3.05) is 25.1 Å². The first-order valence-electron chi connectivity index (χ1n) is 5.03. The van der Waals surface area contributed by atoms with E-state index in [0.717, 1.165) is 11.5 Å². The highest BCUT2D eigenvalue weighted by atomic mass is 32.2. The van der Waals surface area contributed by atoms with Crippen LogP contribution in [0, 0.1) is 5.92 Å². The molecule has 88 valence electrons. The Hall–Kier alpha value is -0.710. The van der Waals surface area contributed by atoms with Crippen LogP contribution in [-0.2, 0) is 9.59 Å². The molecule has 0 aliphatic carbocycles. The summed E-state index contributed by atoms with van der Waals surface area (Å²) in [6.07, 6.45) is 0.487. The number of carboxylic acid groups (broad SMARTS) is 1. The molecule has 1 amide bonds. The predicted octanol–water partition coefficient (Wildman–Crippen LogP) is 1.31. The second-order valence-corrected chi connectivity index (χ2v) is 4.85. The third-order valence-electron chi connectivity index (χ3n) is 2.06. The van der Waals surface area contributed by atoms with Crippen LogP contribution < -0.4 is 0 Å². The van der Waals surface area contributed by atoms with Gasteiger partial charge in [-0.25, -0.2) is 0 Å². The second kappa shape index (κ2) is 7.56. The zero-order valence-electron chi connectivity index (χ0n) is 9.52. The number of carbonyl (C=O) groups is 2. The number of carbonyl (C=O) groups excluding carboxylic acids is 1. The molecular weight excluding hydrogens is 214 g/mol. The molecule has 0 fully saturated rings. The number of amides is 1. The fraction of sp³-hybridized carbons (Fsp3) is 0.800. The van der Waals surface area contributed by atoms with Crippen LogP contribution in [0.15, 0.2) is 0 Å². The van der Waals surface area contributed by atoms with Gasteiger partial charge in [0.15, 0.2) is 0 Å². The standard InChI is InChI=1S/C10H19NO3S/c1-4-15-6-5-9(12)11(3)7-8(2)10(13)14/h8H,4-7H2,1-3H3,(H,13,14). The zero-order valence-corrected chi connectivity index (χ0v) is 10.3. The van der Waals surface area contributed by atoms with Crippen LogP contribution in [0.2, 0.25) is 0 Å². The van der Waals surface area contributed by atoms with Gasteiger partial charge in [0.25, 0.3) is 0 Å². The summed E-state index contributed by atoms with van der Waals surface area (Å²) in [5.74, 6) is 0.461. The lowest BCUT2D eigenvalue weighted by atomic mass is 10.2. The van der Waals surface area contributed by atoms with Gasteiger partial charge < -0.3 is 10.0 Å². The van der Waals surface area contributed by atoms with Crippen LogP contribution >= 0.6 is 11.8 Å². The predicted molar refractivity (Wildman–Crippen MR) is 62.1 cm³/mol. The topological polar surface area (TPSA) is 57.6 Å². The zero-order chi connectivity index (χ0) is 11.8. The minimum Gasteiger partial charge on any atom is -0.481 e. The highest BCUT2D eigenvalue weighted by molar-refractivity contribution is 7.99. The van der Waals surface area contributed by atoms with Gasteiger partial charge in [-0.05, 0) is 5.75 Å². The van der Waals surface area contributed by atoms with Crippen molar-refractivity contribution in [3.05, 3.63) is 0 Å². The smallest absolute Gasteiger partial charge is 0.308 e. The maximum Gasteiger partial charge on any atom is 0.308 e. The molecule has 1 atom stereocenters. The van der Waals surface area contributed by atoms with Crippen molar-refractivity contribution in [2.45, 2.75) is 20.3 Å². The molecular formula is C10H19NO3S. The Balaban J connectivity index is 3.83. The molecule has 0 radical (unpaired) electrons. The molecule has 0 bridgehead atoms. The number of rotatable bonds is 7. The van der Waals surface area contributed by atoms with Crippen molar-refractivity contribution in [3.8, 4) is 0 Å². The van der Waals surface area contributed by atoms with E-state index in [1.54, 1.807) is 25.7 Å². The minimum absolute atomic E-state index is 0.0176. The molecule has 5 heteroatoms. The van der Waals surface area contributed by atoms with Gasteiger partial charge in [0.1, 0.15) is 0 Å². The van der Waals surface area contributed by atoms with Crippen molar-refractivity contribution >= 4 is 23.6 Å². The number of carboxylic acids is 1. The third-order valence-corrected chi connectivity index (χ3v) is 2.96. The molecule has 15 heavy (non-hydrogen) atoms. The largest absolute Gasteiger partial charge is 0.481 e. The van der Waals surface area contributed by atoms with E-state index in [4.69, 9.17) is 5.11 Å². The number of hydrogen-bond acceptors (Lipinski definition) is 3. The Labute approximate surface area is 95.0 Å². The molecule has 0 spiro atoms. The Morgan fingerprint density at radius 2 is 2.07 bits per heavy atom. The molecule has 0 aliphatic rings. The quantitative estimate of drug-likeness (QED) is 0.674. The van der Waals surface area contributed by atoms with Crippen LogP contribution in [0.3, 0.4) is 0 Å². The molecule has 0 rings (SSSR count). The molecule has 0 aromatic heterocycles. The normalized spacial score (nSPS) is 12.2. The molecule has 0 saturated heterocycles. The van der Waals surface area contributed by atoms with Crippen molar-refractivity contribution in [1.29, 1.82) is 0 Å². The van der Waals surface area contributed by atoms with Gasteiger partial charge in [-0.2, -0.15) is 11.8 Å². The van der Waals surface area contributed by atoms with Crippen LogP contribution in [-0.4, -0.2) is 47.0 Å². The van der Waals surface area contributed by atoms with E-state index < -0.39 is 11.9 Å². The number of hydrogen-bond donors (Lipinski definition) is 1. The van der Waals surface area contributed by atoms with Gasteiger partial charge in [0, 0.05) is 25.8 Å². The first kappa shape index (κ1) is 14.3. The lowest BCUT2D eigenvalue weighted by Crippen LogP contribution is -2.33. The summed E-state index contributed by atoms with van der Waals surface area (Å²) in [7, 11) is 1.65. The van der Waals surface area contributed by atoms with Crippen LogP contribution in [0.4, 0.5) is 0 Å². The van der Waals surface area contributed by atoms with Crippen molar-refractivity contribution in [1.82, 2.24) is 4.90 Å². The van der Waals surface area contributed by atoms with Crippen molar-refractivity contribution in [2.24, 2.45) is 5.92 Å². The van der Waals surface area contributed by atoms with Crippen molar-refractivity contribution in [3.63, 3.8) is 0 Å². The molecule has 4 nitrogen and oxygen atoms in total. The van der Waals surface area contributed by atoms with Gasteiger partial charge in [-0.3, -0.25) is 9.59 Å². The van der Waals surface area contributed by atoms with Gasteiger partial charge >= 0.3 is 5.97 Å². The summed E-state index contributed by atoms with van der Waals surface area (Å²) in [6.45, 7) is 3.93. The van der Waals surface area contributed by atoms with Crippen molar-refractivity contribution < 1.29 is 14.7 Å². The summed E-state index contributed by atoms with van der Waals surface area (Å²) >= 11 is 1.72.